The van der Waals surface area contributed by atoms with Crippen molar-refractivity contribution in [1.82, 2.24) is 10.3 Å². The van der Waals surface area contributed by atoms with Crippen LogP contribution in [0.2, 0.25) is 0 Å². The molecule has 0 bridgehead atoms. The van der Waals surface area contributed by atoms with Gasteiger partial charge in [-0.3, -0.25) is 4.79 Å². The predicted octanol–water partition coefficient (Wildman–Crippen LogP) is 3.50. The molecule has 126 valence electrons. The van der Waals surface area contributed by atoms with E-state index in [1.165, 1.54) is 0 Å². The number of nitrogens with zero attached hydrogens (tertiary/aromatic N) is 1. The Labute approximate surface area is 150 Å². The average Bonchev–Trinajstić information content (AvgIpc) is 2.81. The third-order valence-electron chi connectivity index (χ3n) is 3.50. The van der Waals surface area contributed by atoms with E-state index in [4.69, 9.17) is 11.5 Å². The fraction of sp³-hybridized carbons (Fsp3) is 0.0526. The number of pyridine rings is 1. The van der Waals surface area contributed by atoms with Crippen LogP contribution < -0.4 is 16.8 Å². The first kappa shape index (κ1) is 16.9. The number of carbonyl (C=O) groups is 1. The van der Waals surface area contributed by atoms with Gasteiger partial charge in [0.05, 0.1) is 0 Å². The van der Waals surface area contributed by atoms with Gasteiger partial charge in [-0.25, -0.2) is 4.98 Å². The molecule has 1 amide bonds. The predicted molar refractivity (Wildman–Crippen MR) is 103 cm³/mol. The molecule has 0 saturated heterocycles. The number of hydrogen-bond donors (Lipinski definition) is 3. The van der Waals surface area contributed by atoms with Crippen molar-refractivity contribution in [3.8, 4) is 0 Å². The van der Waals surface area contributed by atoms with E-state index in [1.54, 1.807) is 42.2 Å². The first-order valence-electron chi connectivity index (χ1n) is 7.75. The van der Waals surface area contributed by atoms with Crippen LogP contribution in [-0.2, 0) is 0 Å². The van der Waals surface area contributed by atoms with Crippen molar-refractivity contribution in [3.05, 3.63) is 83.1 Å². The smallest absolute Gasteiger partial charge is 0.255 e. The second kappa shape index (κ2) is 7.72. The summed E-state index contributed by atoms with van der Waals surface area (Å²) >= 11 is 1.61. The van der Waals surface area contributed by atoms with E-state index in [-0.39, 0.29) is 5.91 Å². The summed E-state index contributed by atoms with van der Waals surface area (Å²) in [6, 6.07) is 10.6. The first-order chi connectivity index (χ1) is 12.1. The van der Waals surface area contributed by atoms with Crippen molar-refractivity contribution in [2.45, 2.75) is 11.3 Å². The molecule has 1 heterocycles. The number of nitrogens with two attached hydrogens (primary N) is 2. The Kier molecular flexibility index (Phi) is 5.20. The van der Waals surface area contributed by atoms with Gasteiger partial charge in [0.25, 0.3) is 5.91 Å². The number of thioether (sulfide) groups is 1. The normalized spacial score (nSPS) is 13.6. The summed E-state index contributed by atoms with van der Waals surface area (Å²) in [6.07, 6.45) is 10.4. The molecular formula is C19H18N4OS. The minimum atomic E-state index is -0.158. The largest absolute Gasteiger partial charge is 0.399 e. The molecule has 6 heteroatoms. The lowest BCUT2D eigenvalue weighted by molar-refractivity contribution is 0.0967. The quantitative estimate of drug-likeness (QED) is 0.734. The SMILES string of the molecule is Nc1ccc(C(=O)NC2=CCC=C(Sc3ccnc(N)c3)C=C2)cc1. The summed E-state index contributed by atoms with van der Waals surface area (Å²) in [5.74, 6) is 0.340. The van der Waals surface area contributed by atoms with E-state index >= 15 is 0 Å². The van der Waals surface area contributed by atoms with Crippen LogP contribution in [0, 0.1) is 0 Å². The summed E-state index contributed by atoms with van der Waals surface area (Å²) < 4.78 is 0. The summed E-state index contributed by atoms with van der Waals surface area (Å²) in [5.41, 5.74) is 13.3. The van der Waals surface area contributed by atoms with Crippen molar-refractivity contribution in [1.29, 1.82) is 0 Å². The molecule has 0 aliphatic heterocycles. The highest BCUT2D eigenvalue weighted by Gasteiger charge is 2.08. The Hall–Kier alpha value is -2.99. The summed E-state index contributed by atoms with van der Waals surface area (Å²) in [6.45, 7) is 0. The fourth-order valence-corrected chi connectivity index (χ4v) is 3.14. The number of rotatable bonds is 4. The molecule has 0 saturated carbocycles. The van der Waals surface area contributed by atoms with Gasteiger partial charge in [-0.2, -0.15) is 0 Å². The average molecular weight is 350 g/mol. The Morgan fingerprint density at radius 1 is 1.08 bits per heavy atom. The number of carbonyl (C=O) groups excluding carboxylic acids is 1. The van der Waals surface area contributed by atoms with E-state index in [0.717, 1.165) is 21.9 Å². The van der Waals surface area contributed by atoms with Gasteiger partial charge in [-0.1, -0.05) is 23.9 Å². The van der Waals surface area contributed by atoms with Gasteiger partial charge in [0.2, 0.25) is 0 Å². The third kappa shape index (κ3) is 4.74. The molecule has 1 aliphatic carbocycles. The number of aromatic nitrogens is 1. The van der Waals surface area contributed by atoms with E-state index in [0.29, 0.717) is 17.1 Å². The van der Waals surface area contributed by atoms with Crippen LogP contribution in [0.3, 0.4) is 0 Å². The van der Waals surface area contributed by atoms with E-state index in [9.17, 15) is 4.79 Å². The molecule has 0 atom stereocenters. The maximum atomic E-state index is 12.3. The van der Waals surface area contributed by atoms with Crippen LogP contribution in [0.1, 0.15) is 16.8 Å². The Morgan fingerprint density at radius 3 is 2.64 bits per heavy atom. The second-order valence-electron chi connectivity index (χ2n) is 5.43. The van der Waals surface area contributed by atoms with E-state index < -0.39 is 0 Å². The Morgan fingerprint density at radius 2 is 1.88 bits per heavy atom. The maximum absolute atomic E-state index is 12.3. The van der Waals surface area contributed by atoms with Gasteiger partial charge in [-0.05, 0) is 55.0 Å². The number of anilines is 2. The Bertz CT molecular complexity index is 869. The van der Waals surface area contributed by atoms with Gasteiger partial charge in [0.15, 0.2) is 0 Å². The summed E-state index contributed by atoms with van der Waals surface area (Å²) in [5, 5.41) is 2.91. The van der Waals surface area contributed by atoms with Crippen molar-refractivity contribution >= 4 is 29.2 Å². The van der Waals surface area contributed by atoms with Gasteiger partial charge in [0.1, 0.15) is 5.82 Å². The van der Waals surface area contributed by atoms with Crippen molar-refractivity contribution < 1.29 is 4.79 Å². The van der Waals surface area contributed by atoms with Gasteiger partial charge < -0.3 is 16.8 Å². The zero-order chi connectivity index (χ0) is 17.6. The fourth-order valence-electron chi connectivity index (χ4n) is 2.24. The molecule has 2 aromatic rings. The standard InChI is InChI=1S/C19H18N4OS/c20-14-6-4-13(5-7-14)19(24)23-15-2-1-3-16(9-8-15)25-17-10-11-22-18(21)12-17/h2-12H,1,20H2,(H2,21,22)(H,23,24). The molecule has 5 N–H and O–H groups in total. The molecule has 1 aromatic carbocycles. The van der Waals surface area contributed by atoms with Crippen LogP contribution in [-0.4, -0.2) is 10.9 Å². The summed E-state index contributed by atoms with van der Waals surface area (Å²) in [4.78, 5) is 18.4. The zero-order valence-corrected chi connectivity index (χ0v) is 14.3. The zero-order valence-electron chi connectivity index (χ0n) is 13.5. The molecule has 5 nitrogen and oxygen atoms in total. The van der Waals surface area contributed by atoms with Gasteiger partial charge >= 0.3 is 0 Å². The lowest BCUT2D eigenvalue weighted by atomic mass is 10.2. The number of nitrogen functional groups attached to an aromatic ring is 2. The van der Waals surface area contributed by atoms with E-state index in [1.807, 2.05) is 30.4 Å². The first-order valence-corrected chi connectivity index (χ1v) is 8.56. The number of amides is 1. The highest BCUT2D eigenvalue weighted by Crippen LogP contribution is 2.29. The number of nitrogens with one attached hydrogen (secondary N) is 1. The molecule has 0 radical (unpaired) electrons. The second-order valence-corrected chi connectivity index (χ2v) is 6.58. The lowest BCUT2D eigenvalue weighted by Gasteiger charge is -2.06. The summed E-state index contributed by atoms with van der Waals surface area (Å²) in [7, 11) is 0. The number of allylic oxidation sites excluding steroid dienone is 4. The van der Waals surface area contributed by atoms with E-state index in [2.05, 4.69) is 16.4 Å². The number of hydrogen-bond acceptors (Lipinski definition) is 5. The van der Waals surface area contributed by atoms with Crippen LogP contribution in [0.25, 0.3) is 0 Å². The highest BCUT2D eigenvalue weighted by molar-refractivity contribution is 8.03. The maximum Gasteiger partial charge on any atom is 0.255 e. The molecular weight excluding hydrogens is 332 g/mol. The van der Waals surface area contributed by atoms with Crippen molar-refractivity contribution in [3.63, 3.8) is 0 Å². The Balaban J connectivity index is 1.63. The molecule has 1 aliphatic rings. The molecule has 0 unspecified atom stereocenters. The van der Waals surface area contributed by atoms with Crippen molar-refractivity contribution in [2.75, 3.05) is 11.5 Å². The molecule has 1 aromatic heterocycles. The molecule has 0 fully saturated rings. The molecule has 0 spiro atoms. The number of benzene rings is 1. The molecule has 3 rings (SSSR count). The highest BCUT2D eigenvalue weighted by atomic mass is 32.2. The van der Waals surface area contributed by atoms with Crippen LogP contribution in [0.15, 0.2) is 82.4 Å². The van der Waals surface area contributed by atoms with Crippen LogP contribution >= 0.6 is 11.8 Å². The third-order valence-corrected chi connectivity index (χ3v) is 4.53. The van der Waals surface area contributed by atoms with Crippen LogP contribution in [0.5, 0.6) is 0 Å². The lowest BCUT2D eigenvalue weighted by Crippen LogP contribution is -2.21. The molecule has 25 heavy (non-hydrogen) atoms. The minimum absolute atomic E-state index is 0.158. The van der Waals surface area contributed by atoms with Gasteiger partial charge in [0, 0.05) is 32.9 Å². The van der Waals surface area contributed by atoms with Crippen molar-refractivity contribution in [2.24, 2.45) is 0 Å². The topological polar surface area (TPSA) is 94.0 Å². The van der Waals surface area contributed by atoms with Gasteiger partial charge in [-0.15, -0.1) is 0 Å². The monoisotopic (exact) mass is 350 g/mol. The minimum Gasteiger partial charge on any atom is -0.399 e. The van der Waals surface area contributed by atoms with Crippen LogP contribution in [0.4, 0.5) is 11.5 Å².